The SMILES string of the molecule is O=C(CC1CCCOC1)N1CCOc2ccncc21. The lowest BCUT2D eigenvalue weighted by Gasteiger charge is -2.31. The van der Waals surface area contributed by atoms with Crippen molar-refractivity contribution in [2.24, 2.45) is 5.92 Å². The van der Waals surface area contributed by atoms with Crippen LogP contribution in [0.5, 0.6) is 5.75 Å². The summed E-state index contributed by atoms with van der Waals surface area (Å²) in [5, 5.41) is 0. The Bertz CT molecular complexity index is 458. The fraction of sp³-hybridized carbons (Fsp3) is 0.571. The van der Waals surface area contributed by atoms with E-state index in [9.17, 15) is 4.79 Å². The number of carbonyl (C=O) groups is 1. The van der Waals surface area contributed by atoms with Crippen LogP contribution in [0.25, 0.3) is 0 Å². The fourth-order valence-corrected chi connectivity index (χ4v) is 2.65. The maximum absolute atomic E-state index is 12.4. The summed E-state index contributed by atoms with van der Waals surface area (Å²) in [5.74, 6) is 1.24. The molecule has 2 aliphatic heterocycles. The fourth-order valence-electron chi connectivity index (χ4n) is 2.65. The zero-order valence-electron chi connectivity index (χ0n) is 10.9. The van der Waals surface area contributed by atoms with Crippen LogP contribution in [0, 0.1) is 5.92 Å². The molecule has 1 aromatic rings. The predicted octanol–water partition coefficient (Wildman–Crippen LogP) is 1.62. The van der Waals surface area contributed by atoms with Crippen molar-refractivity contribution in [2.75, 3.05) is 31.3 Å². The Morgan fingerprint density at radius 1 is 1.47 bits per heavy atom. The lowest BCUT2D eigenvalue weighted by Crippen LogP contribution is -2.39. The summed E-state index contributed by atoms with van der Waals surface area (Å²) in [6.07, 6.45) is 6.06. The molecule has 0 bridgehead atoms. The molecule has 5 heteroatoms. The molecule has 1 unspecified atom stereocenters. The van der Waals surface area contributed by atoms with Crippen LogP contribution >= 0.6 is 0 Å². The highest BCUT2D eigenvalue weighted by molar-refractivity contribution is 5.95. The summed E-state index contributed by atoms with van der Waals surface area (Å²) in [6, 6.07) is 1.80. The third-order valence-electron chi connectivity index (χ3n) is 3.64. The quantitative estimate of drug-likeness (QED) is 0.812. The standard InChI is InChI=1S/C14H18N2O3/c17-14(8-11-2-1-6-18-10-11)16-5-7-19-13-3-4-15-9-12(13)16/h3-4,9,11H,1-2,5-8,10H2. The summed E-state index contributed by atoms with van der Waals surface area (Å²) >= 11 is 0. The summed E-state index contributed by atoms with van der Waals surface area (Å²) in [7, 11) is 0. The van der Waals surface area contributed by atoms with Crippen LogP contribution in [-0.4, -0.2) is 37.3 Å². The van der Waals surface area contributed by atoms with Crippen molar-refractivity contribution in [3.05, 3.63) is 18.5 Å². The van der Waals surface area contributed by atoms with Crippen LogP contribution in [0.15, 0.2) is 18.5 Å². The first-order valence-electron chi connectivity index (χ1n) is 6.79. The molecule has 1 saturated heterocycles. The van der Waals surface area contributed by atoms with Crippen molar-refractivity contribution < 1.29 is 14.3 Å². The molecule has 2 aliphatic rings. The number of carbonyl (C=O) groups excluding carboxylic acids is 1. The molecule has 102 valence electrons. The van der Waals surface area contributed by atoms with E-state index in [1.807, 2.05) is 0 Å². The molecule has 0 radical (unpaired) electrons. The van der Waals surface area contributed by atoms with Gasteiger partial charge in [0.15, 0.2) is 0 Å². The van der Waals surface area contributed by atoms with Gasteiger partial charge in [-0.2, -0.15) is 0 Å². The molecule has 19 heavy (non-hydrogen) atoms. The summed E-state index contributed by atoms with van der Waals surface area (Å²) in [6.45, 7) is 2.68. The first kappa shape index (κ1) is 12.4. The van der Waals surface area contributed by atoms with E-state index in [4.69, 9.17) is 9.47 Å². The van der Waals surface area contributed by atoms with Gasteiger partial charge in [-0.3, -0.25) is 9.78 Å². The maximum atomic E-state index is 12.4. The van der Waals surface area contributed by atoms with E-state index in [0.29, 0.717) is 32.1 Å². The van der Waals surface area contributed by atoms with Crippen LogP contribution in [0.4, 0.5) is 5.69 Å². The Labute approximate surface area is 112 Å². The van der Waals surface area contributed by atoms with Gasteiger partial charge in [0, 0.05) is 31.9 Å². The van der Waals surface area contributed by atoms with Gasteiger partial charge in [-0.25, -0.2) is 0 Å². The summed E-state index contributed by atoms with van der Waals surface area (Å²) < 4.78 is 11.0. The minimum atomic E-state index is 0.146. The Hall–Kier alpha value is -1.62. The molecule has 3 heterocycles. The average Bonchev–Trinajstić information content (AvgIpc) is 2.47. The van der Waals surface area contributed by atoms with Crippen molar-refractivity contribution in [1.82, 2.24) is 4.98 Å². The minimum Gasteiger partial charge on any atom is -0.489 e. The maximum Gasteiger partial charge on any atom is 0.227 e. The number of ether oxygens (including phenoxy) is 2. The van der Waals surface area contributed by atoms with Gasteiger partial charge in [-0.1, -0.05) is 0 Å². The molecule has 5 nitrogen and oxygen atoms in total. The van der Waals surface area contributed by atoms with Crippen LogP contribution in [-0.2, 0) is 9.53 Å². The Morgan fingerprint density at radius 2 is 2.42 bits per heavy atom. The van der Waals surface area contributed by atoms with Crippen LogP contribution < -0.4 is 9.64 Å². The number of hydrogen-bond acceptors (Lipinski definition) is 4. The van der Waals surface area contributed by atoms with Crippen LogP contribution in [0.2, 0.25) is 0 Å². The Kier molecular flexibility index (Phi) is 3.64. The molecule has 0 saturated carbocycles. The highest BCUT2D eigenvalue weighted by atomic mass is 16.5. The Morgan fingerprint density at radius 3 is 3.26 bits per heavy atom. The summed E-state index contributed by atoms with van der Waals surface area (Å²) in [4.78, 5) is 18.3. The van der Waals surface area contributed by atoms with Gasteiger partial charge in [0.25, 0.3) is 0 Å². The third kappa shape index (κ3) is 2.71. The zero-order chi connectivity index (χ0) is 13.1. The molecule has 1 fully saturated rings. The topological polar surface area (TPSA) is 51.7 Å². The van der Waals surface area contributed by atoms with Gasteiger partial charge in [-0.05, 0) is 18.8 Å². The largest absolute Gasteiger partial charge is 0.489 e. The molecular formula is C14H18N2O3. The molecule has 0 N–H and O–H groups in total. The normalized spacial score (nSPS) is 22.5. The number of rotatable bonds is 2. The van der Waals surface area contributed by atoms with Crippen molar-refractivity contribution in [2.45, 2.75) is 19.3 Å². The highest BCUT2D eigenvalue weighted by Gasteiger charge is 2.26. The van der Waals surface area contributed by atoms with Crippen molar-refractivity contribution >= 4 is 11.6 Å². The second-order valence-corrected chi connectivity index (χ2v) is 5.02. The monoisotopic (exact) mass is 262 g/mol. The van der Waals surface area contributed by atoms with E-state index in [2.05, 4.69) is 4.98 Å². The number of aromatic nitrogens is 1. The molecular weight excluding hydrogens is 244 g/mol. The molecule has 0 spiro atoms. The molecule has 3 rings (SSSR count). The van der Waals surface area contributed by atoms with E-state index in [1.54, 1.807) is 23.4 Å². The van der Waals surface area contributed by atoms with Gasteiger partial charge < -0.3 is 14.4 Å². The Balaban J connectivity index is 1.70. The number of pyridine rings is 1. The minimum absolute atomic E-state index is 0.146. The lowest BCUT2D eigenvalue weighted by molar-refractivity contribution is -0.120. The van der Waals surface area contributed by atoms with Crippen LogP contribution in [0.3, 0.4) is 0 Å². The van der Waals surface area contributed by atoms with Gasteiger partial charge in [-0.15, -0.1) is 0 Å². The first-order chi connectivity index (χ1) is 9.34. The van der Waals surface area contributed by atoms with Crippen molar-refractivity contribution in [3.8, 4) is 5.75 Å². The molecule has 0 aromatic carbocycles. The number of anilines is 1. The van der Waals surface area contributed by atoms with Gasteiger partial charge >= 0.3 is 0 Å². The predicted molar refractivity (Wildman–Crippen MR) is 70.2 cm³/mol. The molecule has 1 aromatic heterocycles. The molecule has 0 aliphatic carbocycles. The van der Waals surface area contributed by atoms with E-state index in [-0.39, 0.29) is 5.91 Å². The molecule has 1 atom stereocenters. The van der Waals surface area contributed by atoms with E-state index in [1.165, 1.54) is 0 Å². The third-order valence-corrected chi connectivity index (χ3v) is 3.64. The van der Waals surface area contributed by atoms with Gasteiger partial charge in [0.05, 0.1) is 12.7 Å². The average molecular weight is 262 g/mol. The lowest BCUT2D eigenvalue weighted by atomic mass is 9.98. The smallest absolute Gasteiger partial charge is 0.227 e. The zero-order valence-corrected chi connectivity index (χ0v) is 10.9. The number of hydrogen-bond donors (Lipinski definition) is 0. The van der Waals surface area contributed by atoms with Crippen LogP contribution in [0.1, 0.15) is 19.3 Å². The van der Waals surface area contributed by atoms with E-state index >= 15 is 0 Å². The van der Waals surface area contributed by atoms with E-state index in [0.717, 1.165) is 30.9 Å². The molecule has 1 amide bonds. The van der Waals surface area contributed by atoms with E-state index < -0.39 is 0 Å². The highest BCUT2D eigenvalue weighted by Crippen LogP contribution is 2.31. The van der Waals surface area contributed by atoms with Gasteiger partial charge in [0.2, 0.25) is 5.91 Å². The second-order valence-electron chi connectivity index (χ2n) is 5.02. The van der Waals surface area contributed by atoms with Crippen molar-refractivity contribution in [3.63, 3.8) is 0 Å². The van der Waals surface area contributed by atoms with Crippen molar-refractivity contribution in [1.29, 1.82) is 0 Å². The van der Waals surface area contributed by atoms with Gasteiger partial charge in [0.1, 0.15) is 18.0 Å². The number of fused-ring (bicyclic) bond motifs is 1. The summed E-state index contributed by atoms with van der Waals surface area (Å²) in [5.41, 5.74) is 0.787. The number of nitrogens with zero attached hydrogens (tertiary/aromatic N) is 2. The number of amides is 1. The first-order valence-corrected chi connectivity index (χ1v) is 6.79. The second kappa shape index (κ2) is 5.57.